The lowest BCUT2D eigenvalue weighted by Gasteiger charge is -2.32. The third-order valence-corrected chi connectivity index (χ3v) is 5.80. The lowest BCUT2D eigenvalue weighted by atomic mass is 10.1. The van der Waals surface area contributed by atoms with Crippen LogP contribution in [0.15, 0.2) is 60.0 Å². The van der Waals surface area contributed by atoms with Crippen molar-refractivity contribution < 1.29 is 9.53 Å². The molecule has 3 aromatic rings. The van der Waals surface area contributed by atoms with Crippen molar-refractivity contribution in [1.29, 1.82) is 0 Å². The number of nitrogens with zero attached hydrogens (tertiary/aromatic N) is 2. The van der Waals surface area contributed by atoms with Gasteiger partial charge in [-0.05, 0) is 17.2 Å². The van der Waals surface area contributed by atoms with Gasteiger partial charge in [0, 0.05) is 23.5 Å². The van der Waals surface area contributed by atoms with E-state index in [1.807, 2.05) is 59.5 Å². The van der Waals surface area contributed by atoms with Crippen LogP contribution in [0.2, 0.25) is 5.02 Å². The number of halogens is 1. The fraction of sp³-hybridized carbons (Fsp3) is 0.238. The van der Waals surface area contributed by atoms with Gasteiger partial charge in [0.15, 0.2) is 5.13 Å². The van der Waals surface area contributed by atoms with Crippen LogP contribution in [-0.2, 0) is 11.3 Å². The number of aromatic nitrogens is 1. The molecule has 1 atom stereocenters. The topological polar surface area (TPSA) is 54.5 Å². The Morgan fingerprint density at radius 2 is 2.00 bits per heavy atom. The Bertz CT molecular complexity index is 948. The van der Waals surface area contributed by atoms with Crippen molar-refractivity contribution in [2.75, 3.05) is 25.0 Å². The molecule has 2 heterocycles. The van der Waals surface area contributed by atoms with Crippen molar-refractivity contribution in [2.24, 2.45) is 0 Å². The lowest BCUT2D eigenvalue weighted by molar-refractivity contribution is -0.0229. The minimum atomic E-state index is -0.102. The maximum atomic E-state index is 12.9. The summed E-state index contributed by atoms with van der Waals surface area (Å²) in [4.78, 5) is 19.2. The molecule has 1 N–H and O–H groups in total. The summed E-state index contributed by atoms with van der Waals surface area (Å²) in [5.74, 6) is -0.0636. The molecule has 7 heteroatoms. The number of carbonyl (C=O) groups is 1. The van der Waals surface area contributed by atoms with Crippen LogP contribution in [0.1, 0.15) is 27.7 Å². The van der Waals surface area contributed by atoms with Crippen molar-refractivity contribution in [1.82, 2.24) is 9.88 Å². The Morgan fingerprint density at radius 3 is 2.82 bits per heavy atom. The number of nitrogens with one attached hydrogen (secondary N) is 1. The van der Waals surface area contributed by atoms with E-state index in [2.05, 4.69) is 10.3 Å². The summed E-state index contributed by atoms with van der Waals surface area (Å²) in [5, 5.41) is 6.45. The van der Waals surface area contributed by atoms with Crippen LogP contribution >= 0.6 is 22.9 Å². The van der Waals surface area contributed by atoms with Crippen molar-refractivity contribution >= 4 is 34.0 Å². The molecule has 4 rings (SSSR count). The number of anilines is 1. The van der Waals surface area contributed by atoms with Gasteiger partial charge in [0.05, 0.1) is 13.2 Å². The van der Waals surface area contributed by atoms with Crippen LogP contribution in [0.3, 0.4) is 0 Å². The molecular weight excluding hydrogens is 394 g/mol. The molecule has 28 heavy (non-hydrogen) atoms. The molecule has 1 amide bonds. The molecule has 1 saturated heterocycles. The molecule has 0 aliphatic carbocycles. The molecule has 0 bridgehead atoms. The first-order valence-corrected chi connectivity index (χ1v) is 10.3. The van der Waals surface area contributed by atoms with Gasteiger partial charge in [-0.1, -0.05) is 60.1 Å². The van der Waals surface area contributed by atoms with Crippen molar-refractivity contribution in [3.63, 3.8) is 0 Å². The molecule has 1 aromatic heterocycles. The van der Waals surface area contributed by atoms with Crippen LogP contribution in [-0.4, -0.2) is 35.5 Å². The Hall–Kier alpha value is -2.41. The quantitative estimate of drug-likeness (QED) is 0.663. The first kappa shape index (κ1) is 18.9. The molecule has 0 saturated carbocycles. The van der Waals surface area contributed by atoms with Crippen LogP contribution in [0.25, 0.3) is 0 Å². The second-order valence-corrected chi connectivity index (χ2v) is 7.77. The van der Waals surface area contributed by atoms with Crippen molar-refractivity contribution in [2.45, 2.75) is 12.6 Å². The Kier molecular flexibility index (Phi) is 5.90. The van der Waals surface area contributed by atoms with Gasteiger partial charge in [-0.2, -0.15) is 0 Å². The molecular formula is C21H20ClN3O2S. The maximum Gasteiger partial charge on any atom is 0.273 e. The third kappa shape index (κ3) is 4.35. The number of amides is 1. The zero-order valence-electron chi connectivity index (χ0n) is 15.2. The third-order valence-electron chi connectivity index (χ3n) is 4.64. The Morgan fingerprint density at radius 1 is 1.21 bits per heavy atom. The largest absolute Gasteiger partial charge is 0.370 e. The molecule has 0 spiro atoms. The highest BCUT2D eigenvalue weighted by Crippen LogP contribution is 2.25. The monoisotopic (exact) mass is 413 g/mol. The van der Waals surface area contributed by atoms with E-state index in [1.165, 1.54) is 11.3 Å². The van der Waals surface area contributed by atoms with Crippen molar-refractivity contribution in [3.8, 4) is 0 Å². The van der Waals surface area contributed by atoms with Gasteiger partial charge in [-0.15, -0.1) is 11.3 Å². The molecule has 2 aromatic carbocycles. The average Bonchev–Trinajstić information content (AvgIpc) is 3.22. The van der Waals surface area contributed by atoms with E-state index < -0.39 is 0 Å². The molecule has 0 radical (unpaired) electrons. The summed E-state index contributed by atoms with van der Waals surface area (Å²) in [6.45, 7) is 2.19. The van der Waals surface area contributed by atoms with Gasteiger partial charge in [-0.25, -0.2) is 4.98 Å². The zero-order valence-corrected chi connectivity index (χ0v) is 16.7. The van der Waals surface area contributed by atoms with Gasteiger partial charge in [0.2, 0.25) is 0 Å². The summed E-state index contributed by atoms with van der Waals surface area (Å²) < 4.78 is 5.85. The molecule has 1 aliphatic rings. The smallest absolute Gasteiger partial charge is 0.273 e. The highest BCUT2D eigenvalue weighted by molar-refractivity contribution is 7.13. The first-order chi connectivity index (χ1) is 13.7. The number of morpholine rings is 1. The average molecular weight is 414 g/mol. The SMILES string of the molecule is O=C(c1csc(NCc2ccccc2Cl)n1)N1CCO[C@@H](c2ccccc2)C1. The summed E-state index contributed by atoms with van der Waals surface area (Å²) in [7, 11) is 0. The van der Waals surface area contributed by atoms with Gasteiger partial charge in [0.1, 0.15) is 11.8 Å². The van der Waals surface area contributed by atoms with E-state index >= 15 is 0 Å². The predicted octanol–water partition coefficient (Wildman–Crippen LogP) is 4.62. The number of ether oxygens (including phenoxy) is 1. The number of benzene rings is 2. The predicted molar refractivity (Wildman–Crippen MR) is 112 cm³/mol. The van der Waals surface area contributed by atoms with Gasteiger partial charge in [-0.3, -0.25) is 4.79 Å². The summed E-state index contributed by atoms with van der Waals surface area (Å²) in [6.07, 6.45) is -0.102. The zero-order chi connectivity index (χ0) is 19.3. The minimum absolute atomic E-state index is 0.0636. The summed E-state index contributed by atoms with van der Waals surface area (Å²) >= 11 is 7.60. The van der Waals surface area contributed by atoms with Crippen molar-refractivity contribution in [3.05, 3.63) is 81.8 Å². The summed E-state index contributed by atoms with van der Waals surface area (Å²) in [6, 6.07) is 17.7. The van der Waals surface area contributed by atoms with Gasteiger partial charge in [0.25, 0.3) is 5.91 Å². The second-order valence-electron chi connectivity index (χ2n) is 6.50. The van der Waals surface area contributed by atoms with Crippen LogP contribution in [0.5, 0.6) is 0 Å². The highest BCUT2D eigenvalue weighted by atomic mass is 35.5. The summed E-state index contributed by atoms with van der Waals surface area (Å²) in [5.41, 5.74) is 2.53. The van der Waals surface area contributed by atoms with E-state index in [9.17, 15) is 4.79 Å². The molecule has 0 unspecified atom stereocenters. The standard InChI is InChI=1S/C21H20ClN3O2S/c22-17-9-5-4-8-16(17)12-23-21-24-18(14-28-21)20(26)25-10-11-27-19(13-25)15-6-2-1-3-7-15/h1-9,14,19H,10-13H2,(H,23,24)/t19-/m1/s1. The first-order valence-electron chi connectivity index (χ1n) is 9.09. The second kappa shape index (κ2) is 8.73. The molecule has 1 aliphatic heterocycles. The fourth-order valence-corrected chi connectivity index (χ4v) is 4.02. The fourth-order valence-electron chi connectivity index (χ4n) is 3.13. The van der Waals surface area contributed by atoms with E-state index in [-0.39, 0.29) is 12.0 Å². The minimum Gasteiger partial charge on any atom is -0.370 e. The molecule has 1 fully saturated rings. The van der Waals surface area contributed by atoms with E-state index in [4.69, 9.17) is 16.3 Å². The van der Waals surface area contributed by atoms with Crippen LogP contribution in [0.4, 0.5) is 5.13 Å². The Balaban J connectivity index is 1.39. The number of rotatable bonds is 5. The number of hydrogen-bond acceptors (Lipinski definition) is 5. The van der Waals surface area contributed by atoms with E-state index in [1.54, 1.807) is 5.38 Å². The number of carbonyl (C=O) groups excluding carboxylic acids is 1. The van der Waals surface area contributed by atoms with E-state index in [0.29, 0.717) is 42.1 Å². The van der Waals surface area contributed by atoms with E-state index in [0.717, 1.165) is 11.1 Å². The highest BCUT2D eigenvalue weighted by Gasteiger charge is 2.27. The molecule has 5 nitrogen and oxygen atoms in total. The normalized spacial score (nSPS) is 16.8. The number of thiazole rings is 1. The van der Waals surface area contributed by atoms with Gasteiger partial charge >= 0.3 is 0 Å². The van der Waals surface area contributed by atoms with Crippen LogP contribution < -0.4 is 5.32 Å². The lowest BCUT2D eigenvalue weighted by Crippen LogP contribution is -2.42. The maximum absolute atomic E-state index is 12.9. The van der Waals surface area contributed by atoms with Gasteiger partial charge < -0.3 is 15.0 Å². The number of hydrogen-bond donors (Lipinski definition) is 1. The molecule has 144 valence electrons. The Labute approximate surface area is 172 Å². The van der Waals surface area contributed by atoms with Crippen LogP contribution in [0, 0.1) is 0 Å².